The molecule has 0 heterocycles. The first-order valence-electron chi connectivity index (χ1n) is 8.81. The Labute approximate surface area is 168 Å². The van der Waals surface area contributed by atoms with Crippen molar-refractivity contribution in [1.29, 1.82) is 0 Å². The summed E-state index contributed by atoms with van der Waals surface area (Å²) in [5.41, 5.74) is 0.216. The van der Waals surface area contributed by atoms with Crippen LogP contribution in [0.1, 0.15) is 12.5 Å². The van der Waals surface area contributed by atoms with Crippen molar-refractivity contribution in [3.05, 3.63) is 64.2 Å². The maximum absolute atomic E-state index is 12.7. The van der Waals surface area contributed by atoms with Crippen LogP contribution in [0.5, 0.6) is 5.75 Å². The van der Waals surface area contributed by atoms with Crippen LogP contribution < -0.4 is 9.46 Å². The number of benzene rings is 2. The van der Waals surface area contributed by atoms with Crippen molar-refractivity contribution < 1.29 is 27.6 Å². The average Bonchev–Trinajstić information content (AvgIpc) is 2.71. The number of nitrogens with one attached hydrogen (secondary N) is 1. The summed E-state index contributed by atoms with van der Waals surface area (Å²) in [5.74, 6) is -1.18. The Balaban J connectivity index is 2.25. The highest BCUT2D eigenvalue weighted by atomic mass is 32.2. The molecule has 10 heteroatoms. The lowest BCUT2D eigenvalue weighted by molar-refractivity contribution is -0.387. The average molecular weight is 422 g/mol. The molecule has 0 fully saturated rings. The van der Waals surface area contributed by atoms with Crippen molar-refractivity contribution in [2.45, 2.75) is 18.2 Å². The van der Waals surface area contributed by atoms with Crippen molar-refractivity contribution in [3.63, 3.8) is 0 Å². The number of sulfonamides is 1. The molecule has 0 aliphatic carbocycles. The van der Waals surface area contributed by atoms with Gasteiger partial charge in [0.1, 0.15) is 5.75 Å². The van der Waals surface area contributed by atoms with E-state index in [-0.39, 0.29) is 25.3 Å². The number of hydrogen-bond donors (Lipinski definition) is 1. The summed E-state index contributed by atoms with van der Waals surface area (Å²) in [6, 6.07) is 12.5. The van der Waals surface area contributed by atoms with E-state index in [4.69, 9.17) is 9.47 Å². The van der Waals surface area contributed by atoms with Gasteiger partial charge in [-0.05, 0) is 31.0 Å². The molecule has 29 heavy (non-hydrogen) atoms. The van der Waals surface area contributed by atoms with E-state index in [1.54, 1.807) is 6.92 Å². The van der Waals surface area contributed by atoms with Gasteiger partial charge in [0.25, 0.3) is 5.69 Å². The third-order valence-electron chi connectivity index (χ3n) is 4.12. The first-order chi connectivity index (χ1) is 13.8. The molecule has 0 amide bonds. The summed E-state index contributed by atoms with van der Waals surface area (Å²) in [4.78, 5) is 22.3. The van der Waals surface area contributed by atoms with Crippen molar-refractivity contribution in [3.8, 4) is 5.75 Å². The number of methoxy groups -OCH3 is 1. The fourth-order valence-corrected chi connectivity index (χ4v) is 3.91. The van der Waals surface area contributed by atoms with Gasteiger partial charge in [0.05, 0.1) is 30.6 Å². The lowest BCUT2D eigenvalue weighted by atomic mass is 10.00. The molecule has 1 atom stereocenters. The van der Waals surface area contributed by atoms with Crippen molar-refractivity contribution >= 4 is 21.7 Å². The van der Waals surface area contributed by atoms with Gasteiger partial charge in [-0.3, -0.25) is 14.9 Å². The molecule has 0 aliphatic rings. The van der Waals surface area contributed by atoms with Crippen LogP contribution in [0, 0.1) is 16.0 Å². The standard InChI is InChI=1S/C19H22N2O7S/c1-3-28-19(22)15(11-14-7-5-4-6-8-14)13-20-29(25,26)18-10-9-16(27-2)12-17(18)21(23)24/h4-10,12,15,20H,3,11,13H2,1-2H3. The molecule has 0 radical (unpaired) electrons. The molecule has 2 aromatic rings. The number of hydrogen-bond acceptors (Lipinski definition) is 7. The minimum absolute atomic E-state index is 0.154. The Bertz CT molecular complexity index is 962. The summed E-state index contributed by atoms with van der Waals surface area (Å²) in [7, 11) is -2.93. The van der Waals surface area contributed by atoms with Crippen LogP contribution in [0.2, 0.25) is 0 Å². The zero-order chi connectivity index (χ0) is 21.4. The number of carbonyl (C=O) groups is 1. The number of nitrogens with zero attached hydrogens (tertiary/aromatic N) is 1. The van der Waals surface area contributed by atoms with E-state index >= 15 is 0 Å². The van der Waals surface area contributed by atoms with Gasteiger partial charge in [0.2, 0.25) is 10.0 Å². The van der Waals surface area contributed by atoms with Crippen LogP contribution >= 0.6 is 0 Å². The molecule has 0 saturated carbocycles. The lowest BCUT2D eigenvalue weighted by Gasteiger charge is -2.17. The number of nitro benzene ring substituents is 1. The topological polar surface area (TPSA) is 125 Å². The first-order valence-corrected chi connectivity index (χ1v) is 10.3. The molecule has 156 valence electrons. The van der Waals surface area contributed by atoms with Gasteiger partial charge in [0.15, 0.2) is 4.90 Å². The molecule has 2 rings (SSSR count). The van der Waals surface area contributed by atoms with E-state index in [0.29, 0.717) is 0 Å². The van der Waals surface area contributed by atoms with Gasteiger partial charge >= 0.3 is 5.97 Å². The second-order valence-corrected chi connectivity index (χ2v) is 7.82. The predicted molar refractivity (Wildman–Crippen MR) is 105 cm³/mol. The number of ether oxygens (including phenoxy) is 2. The minimum Gasteiger partial charge on any atom is -0.497 e. The third-order valence-corrected chi connectivity index (χ3v) is 5.59. The number of rotatable bonds is 10. The van der Waals surface area contributed by atoms with Gasteiger partial charge in [-0.15, -0.1) is 0 Å². The Morgan fingerprint density at radius 1 is 1.21 bits per heavy atom. The number of nitro groups is 1. The van der Waals surface area contributed by atoms with Gasteiger partial charge < -0.3 is 9.47 Å². The largest absolute Gasteiger partial charge is 0.497 e. The normalized spacial score (nSPS) is 12.2. The van der Waals surface area contributed by atoms with Crippen LogP contribution in [0.3, 0.4) is 0 Å². The van der Waals surface area contributed by atoms with Gasteiger partial charge in [-0.25, -0.2) is 13.1 Å². The van der Waals surface area contributed by atoms with Crippen LogP contribution in [0.15, 0.2) is 53.4 Å². The van der Waals surface area contributed by atoms with Gasteiger partial charge in [-0.2, -0.15) is 0 Å². The first kappa shape index (κ1) is 22.3. The third kappa shape index (κ3) is 6.00. The summed E-state index contributed by atoms with van der Waals surface area (Å²) in [6.07, 6.45) is 0.257. The Morgan fingerprint density at radius 3 is 2.48 bits per heavy atom. The highest BCUT2D eigenvalue weighted by Gasteiger charge is 2.29. The molecule has 0 bridgehead atoms. The molecule has 0 spiro atoms. The fourth-order valence-electron chi connectivity index (χ4n) is 2.68. The zero-order valence-corrected chi connectivity index (χ0v) is 16.8. The molecule has 2 aromatic carbocycles. The Kier molecular flexibility index (Phi) is 7.68. The second-order valence-electron chi connectivity index (χ2n) is 6.08. The smallest absolute Gasteiger partial charge is 0.310 e. The van der Waals surface area contributed by atoms with Crippen LogP contribution in [-0.2, 0) is 26.0 Å². The van der Waals surface area contributed by atoms with Crippen molar-refractivity contribution in [2.75, 3.05) is 20.3 Å². The second kappa shape index (κ2) is 9.99. The van der Waals surface area contributed by atoms with E-state index in [1.807, 2.05) is 30.3 Å². The van der Waals surface area contributed by atoms with E-state index in [2.05, 4.69) is 4.72 Å². The summed E-state index contributed by atoms with van der Waals surface area (Å²) >= 11 is 0. The zero-order valence-electron chi connectivity index (χ0n) is 16.0. The molecule has 0 aliphatic heterocycles. The molecule has 9 nitrogen and oxygen atoms in total. The Morgan fingerprint density at radius 2 is 1.90 bits per heavy atom. The maximum atomic E-state index is 12.7. The molecule has 1 N–H and O–H groups in total. The Hall–Kier alpha value is -2.98. The summed E-state index contributed by atoms with van der Waals surface area (Å²) in [6.45, 7) is 1.54. The van der Waals surface area contributed by atoms with Gasteiger partial charge in [-0.1, -0.05) is 30.3 Å². The van der Waals surface area contributed by atoms with Gasteiger partial charge in [0, 0.05) is 6.54 Å². The molecular weight excluding hydrogens is 400 g/mol. The van der Waals surface area contributed by atoms with E-state index in [1.165, 1.54) is 13.2 Å². The van der Waals surface area contributed by atoms with Crippen LogP contribution in [-0.4, -0.2) is 39.6 Å². The molecule has 0 aromatic heterocycles. The van der Waals surface area contributed by atoms with E-state index in [0.717, 1.165) is 17.7 Å². The van der Waals surface area contributed by atoms with E-state index < -0.39 is 37.4 Å². The molecular formula is C19H22N2O7S. The molecule has 0 saturated heterocycles. The van der Waals surface area contributed by atoms with Crippen molar-refractivity contribution in [1.82, 2.24) is 4.72 Å². The maximum Gasteiger partial charge on any atom is 0.310 e. The minimum atomic E-state index is -4.25. The quantitative estimate of drug-likeness (QED) is 0.354. The summed E-state index contributed by atoms with van der Waals surface area (Å²) in [5, 5.41) is 11.3. The lowest BCUT2D eigenvalue weighted by Crippen LogP contribution is -2.35. The number of carbonyl (C=O) groups excluding carboxylic acids is 1. The van der Waals surface area contributed by atoms with E-state index in [9.17, 15) is 23.3 Å². The predicted octanol–water partition coefficient (Wildman–Crippen LogP) is 2.30. The summed E-state index contributed by atoms with van der Waals surface area (Å²) < 4.78 is 37.6. The molecule has 1 unspecified atom stereocenters. The number of esters is 1. The SMILES string of the molecule is CCOC(=O)C(CNS(=O)(=O)c1ccc(OC)cc1[N+](=O)[O-])Cc1ccccc1. The fraction of sp³-hybridized carbons (Fsp3) is 0.316. The van der Waals surface area contributed by atoms with Crippen LogP contribution in [0.4, 0.5) is 5.69 Å². The highest BCUT2D eigenvalue weighted by molar-refractivity contribution is 7.89. The highest BCUT2D eigenvalue weighted by Crippen LogP contribution is 2.28. The monoisotopic (exact) mass is 422 g/mol. The van der Waals surface area contributed by atoms with Crippen LogP contribution in [0.25, 0.3) is 0 Å². The van der Waals surface area contributed by atoms with Crippen molar-refractivity contribution in [2.24, 2.45) is 5.92 Å².